The van der Waals surface area contributed by atoms with Crippen molar-refractivity contribution in [1.82, 2.24) is 0 Å². The Morgan fingerprint density at radius 1 is 1.47 bits per heavy atom. The highest BCUT2D eigenvalue weighted by molar-refractivity contribution is 6.31. The molecule has 1 aromatic rings. The van der Waals surface area contributed by atoms with Crippen molar-refractivity contribution in [2.24, 2.45) is 5.92 Å². The maximum atomic E-state index is 13.8. The molecule has 0 saturated carbocycles. The highest BCUT2D eigenvalue weighted by atomic mass is 35.5. The first-order chi connectivity index (χ1) is 8.95. The van der Waals surface area contributed by atoms with Crippen molar-refractivity contribution in [2.45, 2.75) is 6.42 Å². The summed E-state index contributed by atoms with van der Waals surface area (Å²) in [6.45, 7) is -0.00954. The lowest BCUT2D eigenvalue weighted by Crippen LogP contribution is -2.27. The molecule has 1 fully saturated rings. The molecule has 1 heterocycles. The monoisotopic (exact) mass is 289 g/mol. The van der Waals surface area contributed by atoms with Crippen LogP contribution < -0.4 is 4.90 Å². The van der Waals surface area contributed by atoms with Gasteiger partial charge in [-0.1, -0.05) is 11.6 Å². The third-order valence-electron chi connectivity index (χ3n) is 2.97. The minimum Gasteiger partial charge on any atom is -0.469 e. The van der Waals surface area contributed by atoms with E-state index in [9.17, 15) is 18.4 Å². The number of anilines is 1. The van der Waals surface area contributed by atoms with Crippen LogP contribution in [0.4, 0.5) is 14.5 Å². The van der Waals surface area contributed by atoms with Crippen LogP contribution in [-0.4, -0.2) is 25.5 Å². The van der Waals surface area contributed by atoms with E-state index >= 15 is 0 Å². The van der Waals surface area contributed by atoms with Crippen LogP contribution in [0.2, 0.25) is 5.02 Å². The number of hydrogen-bond donors (Lipinski definition) is 0. The quantitative estimate of drug-likeness (QED) is 0.619. The first-order valence-electron chi connectivity index (χ1n) is 5.47. The molecule has 1 unspecified atom stereocenters. The van der Waals surface area contributed by atoms with Gasteiger partial charge in [-0.15, -0.1) is 0 Å². The van der Waals surface area contributed by atoms with Crippen LogP contribution in [0.1, 0.15) is 6.42 Å². The molecule has 0 bridgehead atoms. The Labute approximate surface area is 112 Å². The van der Waals surface area contributed by atoms with Crippen molar-refractivity contribution >= 4 is 29.2 Å². The van der Waals surface area contributed by atoms with Gasteiger partial charge in [0.25, 0.3) is 0 Å². The summed E-state index contributed by atoms with van der Waals surface area (Å²) in [6, 6.07) is 2.09. The summed E-state index contributed by atoms with van der Waals surface area (Å²) >= 11 is 5.46. The molecule has 1 aromatic carbocycles. The first-order valence-corrected chi connectivity index (χ1v) is 5.85. The van der Waals surface area contributed by atoms with Gasteiger partial charge < -0.3 is 9.64 Å². The van der Waals surface area contributed by atoms with E-state index in [2.05, 4.69) is 4.74 Å². The predicted molar refractivity (Wildman–Crippen MR) is 63.8 cm³/mol. The average molecular weight is 290 g/mol. The number of hydrogen-bond acceptors (Lipinski definition) is 3. The van der Waals surface area contributed by atoms with E-state index < -0.39 is 34.5 Å². The van der Waals surface area contributed by atoms with Crippen molar-refractivity contribution in [3.63, 3.8) is 0 Å². The zero-order valence-electron chi connectivity index (χ0n) is 9.95. The van der Waals surface area contributed by atoms with Crippen molar-refractivity contribution in [1.29, 1.82) is 0 Å². The van der Waals surface area contributed by atoms with E-state index in [0.29, 0.717) is 0 Å². The van der Waals surface area contributed by atoms with Gasteiger partial charge in [-0.2, -0.15) is 0 Å². The topological polar surface area (TPSA) is 46.6 Å². The Bertz CT molecular complexity index is 550. The molecule has 4 nitrogen and oxygen atoms in total. The summed E-state index contributed by atoms with van der Waals surface area (Å²) in [5.41, 5.74) is -0.136. The van der Waals surface area contributed by atoms with Crippen molar-refractivity contribution in [2.75, 3.05) is 18.6 Å². The molecule has 1 saturated heterocycles. The van der Waals surface area contributed by atoms with Gasteiger partial charge in [0.1, 0.15) is 10.8 Å². The SMILES string of the molecule is COC(=O)C1CC(=O)N(c2ccc(F)c(Cl)c2F)C1. The number of halogens is 3. The van der Waals surface area contributed by atoms with Gasteiger partial charge >= 0.3 is 5.97 Å². The van der Waals surface area contributed by atoms with Crippen LogP contribution in [0.25, 0.3) is 0 Å². The number of nitrogens with zero attached hydrogens (tertiary/aromatic N) is 1. The minimum absolute atomic E-state index is 0.00954. The zero-order chi connectivity index (χ0) is 14.2. The summed E-state index contributed by atoms with van der Waals surface area (Å²) in [6.07, 6.45) is -0.0683. The molecule has 2 rings (SSSR count). The summed E-state index contributed by atoms with van der Waals surface area (Å²) in [4.78, 5) is 24.2. The summed E-state index contributed by atoms with van der Waals surface area (Å²) < 4.78 is 31.4. The molecule has 1 atom stereocenters. The first kappa shape index (κ1) is 13.7. The lowest BCUT2D eigenvalue weighted by atomic mass is 10.1. The number of ether oxygens (including phenoxy) is 1. The standard InChI is InChI=1S/C12H10ClF2NO3/c1-19-12(18)6-4-9(17)16(5-6)8-3-2-7(14)10(13)11(8)15/h2-3,6H,4-5H2,1H3. The second kappa shape index (κ2) is 5.13. The molecule has 1 aliphatic heterocycles. The molecule has 7 heteroatoms. The summed E-state index contributed by atoms with van der Waals surface area (Å²) in [5.74, 6) is -3.54. The molecule has 0 aromatic heterocycles. The molecule has 1 aliphatic rings. The average Bonchev–Trinajstić information content (AvgIpc) is 2.77. The van der Waals surface area contributed by atoms with E-state index in [1.54, 1.807) is 0 Å². The van der Waals surface area contributed by atoms with Gasteiger partial charge in [-0.3, -0.25) is 9.59 Å². The van der Waals surface area contributed by atoms with Crippen molar-refractivity contribution in [3.8, 4) is 0 Å². The van der Waals surface area contributed by atoms with E-state index in [0.717, 1.165) is 17.0 Å². The van der Waals surface area contributed by atoms with Crippen LogP contribution in [0.5, 0.6) is 0 Å². The largest absolute Gasteiger partial charge is 0.469 e. The Morgan fingerprint density at radius 2 is 2.16 bits per heavy atom. The molecular formula is C12H10ClF2NO3. The smallest absolute Gasteiger partial charge is 0.311 e. The third kappa shape index (κ3) is 2.40. The normalized spacial score (nSPS) is 18.8. The predicted octanol–water partition coefficient (Wildman–Crippen LogP) is 2.14. The fraction of sp³-hybridized carbons (Fsp3) is 0.333. The minimum atomic E-state index is -1.01. The molecule has 1 amide bonds. The number of rotatable bonds is 2. The highest BCUT2D eigenvalue weighted by Gasteiger charge is 2.37. The van der Waals surface area contributed by atoms with Gasteiger partial charge in [0, 0.05) is 13.0 Å². The number of esters is 1. The molecular weight excluding hydrogens is 280 g/mol. The molecule has 0 radical (unpaired) electrons. The highest BCUT2D eigenvalue weighted by Crippen LogP contribution is 2.32. The Hall–Kier alpha value is -1.69. The Balaban J connectivity index is 2.31. The van der Waals surface area contributed by atoms with Crippen molar-refractivity contribution < 1.29 is 23.1 Å². The molecule has 19 heavy (non-hydrogen) atoms. The molecule has 0 aliphatic carbocycles. The summed E-state index contributed by atoms with van der Waals surface area (Å²) in [5, 5.41) is -0.674. The number of carbonyl (C=O) groups is 2. The van der Waals surface area contributed by atoms with E-state index in [-0.39, 0.29) is 18.7 Å². The second-order valence-electron chi connectivity index (χ2n) is 4.12. The fourth-order valence-corrected chi connectivity index (χ4v) is 2.15. The van der Waals surface area contributed by atoms with Crippen molar-refractivity contribution in [3.05, 3.63) is 28.8 Å². The van der Waals surface area contributed by atoms with Crippen LogP contribution >= 0.6 is 11.6 Å². The van der Waals surface area contributed by atoms with Gasteiger partial charge in [0.05, 0.1) is 18.7 Å². The molecule has 102 valence electrons. The number of carbonyl (C=O) groups excluding carboxylic acids is 2. The van der Waals surface area contributed by atoms with E-state index in [1.807, 2.05) is 0 Å². The Morgan fingerprint density at radius 3 is 2.79 bits per heavy atom. The lowest BCUT2D eigenvalue weighted by Gasteiger charge is -2.17. The van der Waals surface area contributed by atoms with Gasteiger partial charge in [0.15, 0.2) is 5.82 Å². The maximum absolute atomic E-state index is 13.8. The van der Waals surface area contributed by atoms with Crippen LogP contribution in [0, 0.1) is 17.6 Å². The van der Waals surface area contributed by atoms with Gasteiger partial charge in [-0.05, 0) is 12.1 Å². The lowest BCUT2D eigenvalue weighted by molar-refractivity contribution is -0.145. The van der Waals surface area contributed by atoms with Gasteiger partial charge in [0.2, 0.25) is 5.91 Å². The fourth-order valence-electron chi connectivity index (χ4n) is 1.99. The molecule has 0 spiro atoms. The second-order valence-corrected chi connectivity index (χ2v) is 4.50. The number of benzene rings is 1. The number of methoxy groups -OCH3 is 1. The van der Waals surface area contributed by atoms with Crippen LogP contribution in [0.15, 0.2) is 12.1 Å². The van der Waals surface area contributed by atoms with Crippen LogP contribution in [-0.2, 0) is 14.3 Å². The summed E-state index contributed by atoms with van der Waals surface area (Å²) in [7, 11) is 1.21. The Kier molecular flexibility index (Phi) is 3.71. The van der Waals surface area contributed by atoms with Gasteiger partial charge in [-0.25, -0.2) is 8.78 Å². The zero-order valence-corrected chi connectivity index (χ0v) is 10.7. The third-order valence-corrected chi connectivity index (χ3v) is 3.31. The molecule has 0 N–H and O–H groups in total. The van der Waals surface area contributed by atoms with E-state index in [4.69, 9.17) is 11.6 Å². The van der Waals surface area contributed by atoms with Crippen LogP contribution in [0.3, 0.4) is 0 Å². The maximum Gasteiger partial charge on any atom is 0.311 e. The van der Waals surface area contributed by atoms with E-state index in [1.165, 1.54) is 7.11 Å². The number of amides is 1.